The summed E-state index contributed by atoms with van der Waals surface area (Å²) in [7, 11) is 0. The fourth-order valence-corrected chi connectivity index (χ4v) is 3.42. The number of hydrogen-bond donors (Lipinski definition) is 1. The van der Waals surface area contributed by atoms with Crippen molar-refractivity contribution in [3.8, 4) is 0 Å². The van der Waals surface area contributed by atoms with Crippen LogP contribution in [-0.2, 0) is 0 Å². The molecule has 19 heavy (non-hydrogen) atoms. The maximum Gasteiger partial charge on any atom is 0.272 e. The summed E-state index contributed by atoms with van der Waals surface area (Å²) in [5.74, 6) is 0.575. The highest BCUT2D eigenvalue weighted by atomic mass is 16.3. The number of carbonyl (C=O) groups is 1. The Bertz CT molecular complexity index is 469. The Morgan fingerprint density at radius 3 is 2.58 bits per heavy atom. The average Bonchev–Trinajstić information content (AvgIpc) is 2.91. The molecule has 3 rings (SSSR count). The monoisotopic (exact) mass is 263 g/mol. The van der Waals surface area contributed by atoms with Gasteiger partial charge in [0.1, 0.15) is 5.69 Å². The van der Waals surface area contributed by atoms with Crippen molar-refractivity contribution in [3.63, 3.8) is 0 Å². The van der Waals surface area contributed by atoms with E-state index in [1.54, 1.807) is 16.9 Å². The van der Waals surface area contributed by atoms with Gasteiger partial charge in [0, 0.05) is 37.2 Å². The predicted octanol–water partition coefficient (Wildman–Crippen LogP) is 1.31. The number of carbonyl (C=O) groups excluding carboxylic acids is 1. The van der Waals surface area contributed by atoms with E-state index in [0.29, 0.717) is 18.8 Å². The molecule has 2 aliphatic rings. The number of aromatic nitrogens is 2. The molecule has 0 spiro atoms. The van der Waals surface area contributed by atoms with Crippen LogP contribution >= 0.6 is 0 Å². The van der Waals surface area contributed by atoms with Crippen molar-refractivity contribution in [2.45, 2.75) is 38.8 Å². The quantitative estimate of drug-likeness (QED) is 0.875. The normalized spacial score (nSPS) is 30.1. The van der Waals surface area contributed by atoms with Crippen LogP contribution in [0.4, 0.5) is 0 Å². The van der Waals surface area contributed by atoms with Gasteiger partial charge in [-0.25, -0.2) is 0 Å². The van der Waals surface area contributed by atoms with Crippen LogP contribution in [0.15, 0.2) is 12.3 Å². The summed E-state index contributed by atoms with van der Waals surface area (Å²) < 4.78 is 1.77. The maximum atomic E-state index is 12.6. The molecular formula is C14H21N3O2. The van der Waals surface area contributed by atoms with E-state index in [1.165, 1.54) is 0 Å². The maximum absolute atomic E-state index is 12.6. The minimum atomic E-state index is -0.209. The molecule has 5 nitrogen and oxygen atoms in total. The van der Waals surface area contributed by atoms with Crippen molar-refractivity contribution in [1.29, 1.82) is 0 Å². The third-order valence-electron chi connectivity index (χ3n) is 4.45. The summed E-state index contributed by atoms with van der Waals surface area (Å²) in [5.41, 5.74) is 0.658. The zero-order valence-electron chi connectivity index (χ0n) is 11.5. The van der Waals surface area contributed by atoms with Crippen molar-refractivity contribution < 1.29 is 9.90 Å². The Morgan fingerprint density at radius 1 is 1.37 bits per heavy atom. The number of piperidine rings is 1. The highest BCUT2D eigenvalue weighted by Gasteiger charge is 2.42. The second-order valence-corrected chi connectivity index (χ2v) is 6.05. The first kappa shape index (κ1) is 12.7. The first-order valence-corrected chi connectivity index (χ1v) is 7.08. The van der Waals surface area contributed by atoms with Gasteiger partial charge in [0.15, 0.2) is 0 Å². The molecule has 1 aromatic heterocycles. The van der Waals surface area contributed by atoms with Crippen molar-refractivity contribution in [2.24, 2.45) is 11.8 Å². The summed E-state index contributed by atoms with van der Waals surface area (Å²) in [6, 6.07) is 1.97. The first-order valence-electron chi connectivity index (χ1n) is 7.08. The number of rotatable bonds is 2. The molecule has 2 heterocycles. The number of amides is 1. The molecule has 0 aromatic carbocycles. The molecular weight excluding hydrogens is 242 g/mol. The lowest BCUT2D eigenvalue weighted by Crippen LogP contribution is -2.47. The summed E-state index contributed by atoms with van der Waals surface area (Å²) >= 11 is 0. The summed E-state index contributed by atoms with van der Waals surface area (Å²) in [6.45, 7) is 5.40. The lowest BCUT2D eigenvalue weighted by atomic mass is 9.95. The number of nitrogens with zero attached hydrogens (tertiary/aromatic N) is 3. The fourth-order valence-electron chi connectivity index (χ4n) is 3.42. The molecule has 2 bridgehead atoms. The number of fused-ring (bicyclic) bond motifs is 2. The molecule has 5 heteroatoms. The van der Waals surface area contributed by atoms with Gasteiger partial charge in [-0.05, 0) is 32.8 Å². The van der Waals surface area contributed by atoms with Gasteiger partial charge in [-0.2, -0.15) is 5.10 Å². The van der Waals surface area contributed by atoms with E-state index in [1.807, 2.05) is 18.7 Å². The third-order valence-corrected chi connectivity index (χ3v) is 4.45. The van der Waals surface area contributed by atoms with Crippen LogP contribution in [0, 0.1) is 11.8 Å². The van der Waals surface area contributed by atoms with Crippen LogP contribution in [0.25, 0.3) is 0 Å². The number of hydrogen-bond acceptors (Lipinski definition) is 3. The SMILES string of the molecule is CC(C)n1nccc1C(=O)N1C[C@H]2CC[C@@H](C1)C2O. The van der Waals surface area contributed by atoms with E-state index < -0.39 is 0 Å². The molecule has 1 aliphatic carbocycles. The Labute approximate surface area is 113 Å². The van der Waals surface area contributed by atoms with Crippen LogP contribution in [0.2, 0.25) is 0 Å². The van der Waals surface area contributed by atoms with Crippen LogP contribution < -0.4 is 0 Å². The van der Waals surface area contributed by atoms with Gasteiger partial charge >= 0.3 is 0 Å². The van der Waals surface area contributed by atoms with E-state index in [0.717, 1.165) is 12.8 Å². The molecule has 1 saturated carbocycles. The third kappa shape index (κ3) is 2.06. The van der Waals surface area contributed by atoms with E-state index in [9.17, 15) is 9.90 Å². The van der Waals surface area contributed by atoms with Gasteiger partial charge in [0.2, 0.25) is 0 Å². The summed E-state index contributed by atoms with van der Waals surface area (Å²) in [4.78, 5) is 14.5. The number of aliphatic hydroxyl groups excluding tert-OH is 1. The van der Waals surface area contributed by atoms with Crippen LogP contribution in [0.3, 0.4) is 0 Å². The zero-order chi connectivity index (χ0) is 13.6. The predicted molar refractivity (Wildman–Crippen MR) is 70.7 cm³/mol. The highest BCUT2D eigenvalue weighted by Crippen LogP contribution is 2.37. The van der Waals surface area contributed by atoms with Gasteiger partial charge in [0.25, 0.3) is 5.91 Å². The summed E-state index contributed by atoms with van der Waals surface area (Å²) in [6.07, 6.45) is 3.55. The van der Waals surface area contributed by atoms with Gasteiger partial charge in [-0.3, -0.25) is 9.48 Å². The molecule has 1 aliphatic heterocycles. The molecule has 1 amide bonds. The number of likely N-dealkylation sites (tertiary alicyclic amines) is 1. The second-order valence-electron chi connectivity index (χ2n) is 6.05. The smallest absolute Gasteiger partial charge is 0.272 e. The minimum absolute atomic E-state index is 0.0509. The van der Waals surface area contributed by atoms with Crippen LogP contribution in [-0.4, -0.2) is 44.9 Å². The topological polar surface area (TPSA) is 58.4 Å². The Morgan fingerprint density at radius 2 is 2.00 bits per heavy atom. The Hall–Kier alpha value is -1.36. The second kappa shape index (κ2) is 4.63. The van der Waals surface area contributed by atoms with Gasteiger partial charge in [-0.15, -0.1) is 0 Å². The van der Waals surface area contributed by atoms with Gasteiger partial charge in [0.05, 0.1) is 6.10 Å². The lowest BCUT2D eigenvalue weighted by Gasteiger charge is -2.35. The molecule has 104 valence electrons. The molecule has 0 radical (unpaired) electrons. The molecule has 1 N–H and O–H groups in total. The standard InChI is InChI=1S/C14H21N3O2/c1-9(2)17-12(5-6-15-17)14(19)16-7-10-3-4-11(8-16)13(10)18/h5-6,9-11,13,18H,3-4,7-8H2,1-2H3/t10-,11+,13?. The number of aliphatic hydroxyl groups is 1. The first-order chi connectivity index (χ1) is 9.08. The lowest BCUT2D eigenvalue weighted by molar-refractivity contribution is 0.0159. The van der Waals surface area contributed by atoms with Gasteiger partial charge in [-0.1, -0.05) is 0 Å². The van der Waals surface area contributed by atoms with Crippen LogP contribution in [0.5, 0.6) is 0 Å². The molecule has 1 saturated heterocycles. The van der Waals surface area contributed by atoms with Crippen molar-refractivity contribution in [2.75, 3.05) is 13.1 Å². The molecule has 2 fully saturated rings. The van der Waals surface area contributed by atoms with Gasteiger partial charge < -0.3 is 10.0 Å². The Balaban J connectivity index is 1.80. The summed E-state index contributed by atoms with van der Waals surface area (Å²) in [5, 5.41) is 14.2. The molecule has 1 unspecified atom stereocenters. The van der Waals surface area contributed by atoms with Crippen molar-refractivity contribution in [1.82, 2.24) is 14.7 Å². The highest BCUT2D eigenvalue weighted by molar-refractivity contribution is 5.92. The largest absolute Gasteiger partial charge is 0.392 e. The average molecular weight is 263 g/mol. The van der Waals surface area contributed by atoms with Crippen molar-refractivity contribution in [3.05, 3.63) is 18.0 Å². The minimum Gasteiger partial charge on any atom is -0.392 e. The van der Waals surface area contributed by atoms with E-state index in [4.69, 9.17) is 0 Å². The molecule has 1 aromatic rings. The van der Waals surface area contributed by atoms with E-state index in [2.05, 4.69) is 5.10 Å². The van der Waals surface area contributed by atoms with Crippen molar-refractivity contribution >= 4 is 5.91 Å². The Kier molecular flexibility index (Phi) is 3.09. The zero-order valence-corrected chi connectivity index (χ0v) is 11.5. The van der Waals surface area contributed by atoms with Crippen LogP contribution in [0.1, 0.15) is 43.2 Å². The van der Waals surface area contributed by atoms with E-state index in [-0.39, 0.29) is 29.9 Å². The molecule has 3 atom stereocenters. The fraction of sp³-hybridized carbons (Fsp3) is 0.714. The van der Waals surface area contributed by atoms with E-state index >= 15 is 0 Å².